The van der Waals surface area contributed by atoms with E-state index in [9.17, 15) is 9.59 Å². The summed E-state index contributed by atoms with van der Waals surface area (Å²) in [5, 5.41) is 6.00. The lowest BCUT2D eigenvalue weighted by atomic mass is 10.0. The monoisotopic (exact) mass is 317 g/mol. The van der Waals surface area contributed by atoms with Crippen LogP contribution in [-0.4, -0.2) is 49.4 Å². The zero-order valence-electron chi connectivity index (χ0n) is 12.9. The fraction of sp³-hybridized carbons (Fsp3) is 0.867. The molecule has 1 aliphatic heterocycles. The van der Waals surface area contributed by atoms with E-state index in [1.54, 1.807) is 4.90 Å². The molecule has 1 saturated heterocycles. The van der Waals surface area contributed by atoms with Crippen molar-refractivity contribution in [3.63, 3.8) is 0 Å². The molecule has 0 aromatic rings. The van der Waals surface area contributed by atoms with Crippen molar-refractivity contribution in [3.8, 4) is 0 Å². The Hall–Kier alpha value is -0.810. The Morgan fingerprint density at radius 3 is 2.57 bits per heavy atom. The van der Waals surface area contributed by atoms with Gasteiger partial charge in [0.15, 0.2) is 0 Å². The van der Waals surface area contributed by atoms with Crippen molar-refractivity contribution in [1.82, 2.24) is 15.5 Å². The van der Waals surface area contributed by atoms with Crippen molar-refractivity contribution in [2.24, 2.45) is 5.92 Å². The number of hydrogen-bond acceptors (Lipinski definition) is 3. The van der Waals surface area contributed by atoms with Crippen LogP contribution in [0.2, 0.25) is 0 Å². The molecule has 2 rings (SSSR count). The summed E-state index contributed by atoms with van der Waals surface area (Å²) in [6.07, 6.45) is 7.69. The van der Waals surface area contributed by atoms with Crippen LogP contribution in [0.3, 0.4) is 0 Å². The highest BCUT2D eigenvalue weighted by atomic mass is 35.5. The molecule has 0 bridgehead atoms. The first kappa shape index (κ1) is 18.2. The van der Waals surface area contributed by atoms with Crippen LogP contribution in [0.5, 0.6) is 0 Å². The molecule has 2 amide bonds. The lowest BCUT2D eigenvalue weighted by Gasteiger charge is -2.23. The van der Waals surface area contributed by atoms with Gasteiger partial charge < -0.3 is 15.5 Å². The summed E-state index contributed by atoms with van der Waals surface area (Å²) in [5.41, 5.74) is 0. The minimum absolute atomic E-state index is 0. The fourth-order valence-electron chi connectivity index (χ4n) is 3.20. The zero-order valence-corrected chi connectivity index (χ0v) is 13.7. The predicted octanol–water partition coefficient (Wildman–Crippen LogP) is 1.32. The standard InChI is InChI=1S/C15H27N3O2.ClH/c1-18(13-8-9-16-10-13)15(20)11-17-14(19)7-6-12-4-2-3-5-12;/h12-13,16H,2-11H2,1H3,(H,17,19);1H. The third kappa shape index (κ3) is 5.83. The summed E-state index contributed by atoms with van der Waals surface area (Å²) in [5.74, 6) is 0.750. The molecule has 0 aromatic carbocycles. The first-order chi connectivity index (χ1) is 9.66. The van der Waals surface area contributed by atoms with E-state index in [1.165, 1.54) is 25.7 Å². The third-order valence-electron chi connectivity index (χ3n) is 4.67. The fourth-order valence-corrected chi connectivity index (χ4v) is 3.20. The molecule has 1 atom stereocenters. The lowest BCUT2D eigenvalue weighted by molar-refractivity contribution is -0.133. The molecule has 1 heterocycles. The SMILES string of the molecule is CN(C(=O)CNC(=O)CCC1CCCC1)C1CCNC1.Cl. The maximum Gasteiger partial charge on any atom is 0.242 e. The first-order valence-corrected chi connectivity index (χ1v) is 7.90. The molecule has 0 spiro atoms. The van der Waals surface area contributed by atoms with Gasteiger partial charge in [0.05, 0.1) is 6.54 Å². The van der Waals surface area contributed by atoms with E-state index in [0.717, 1.165) is 31.8 Å². The third-order valence-corrected chi connectivity index (χ3v) is 4.67. The van der Waals surface area contributed by atoms with Gasteiger partial charge >= 0.3 is 0 Å². The molecule has 0 aromatic heterocycles. The largest absolute Gasteiger partial charge is 0.347 e. The van der Waals surface area contributed by atoms with Crippen molar-refractivity contribution in [2.45, 2.75) is 51.0 Å². The Morgan fingerprint density at radius 2 is 1.95 bits per heavy atom. The Morgan fingerprint density at radius 1 is 1.24 bits per heavy atom. The van der Waals surface area contributed by atoms with Crippen LogP contribution in [-0.2, 0) is 9.59 Å². The van der Waals surface area contributed by atoms with Crippen LogP contribution < -0.4 is 10.6 Å². The Balaban J connectivity index is 0.00000220. The van der Waals surface area contributed by atoms with Crippen LogP contribution in [0.4, 0.5) is 0 Å². The minimum Gasteiger partial charge on any atom is -0.347 e. The summed E-state index contributed by atoms with van der Waals surface area (Å²) in [4.78, 5) is 25.5. The maximum absolute atomic E-state index is 12.0. The van der Waals surface area contributed by atoms with E-state index >= 15 is 0 Å². The smallest absolute Gasteiger partial charge is 0.242 e. The van der Waals surface area contributed by atoms with Crippen molar-refractivity contribution < 1.29 is 9.59 Å². The second-order valence-electron chi connectivity index (χ2n) is 6.12. The Bertz CT molecular complexity index is 340. The molecule has 2 aliphatic rings. The molecule has 5 nitrogen and oxygen atoms in total. The number of carbonyl (C=O) groups is 2. The van der Waals surface area contributed by atoms with E-state index in [2.05, 4.69) is 10.6 Å². The van der Waals surface area contributed by atoms with E-state index in [4.69, 9.17) is 0 Å². The van der Waals surface area contributed by atoms with Gasteiger partial charge in [0.1, 0.15) is 0 Å². The van der Waals surface area contributed by atoms with Crippen LogP contribution >= 0.6 is 12.4 Å². The van der Waals surface area contributed by atoms with Gasteiger partial charge in [-0.2, -0.15) is 0 Å². The van der Waals surface area contributed by atoms with Crippen LogP contribution in [0.1, 0.15) is 44.9 Å². The normalized spacial score (nSPS) is 21.9. The van der Waals surface area contributed by atoms with Gasteiger partial charge in [0.25, 0.3) is 0 Å². The Kier molecular flexibility index (Phi) is 8.04. The number of hydrogen-bond donors (Lipinski definition) is 2. The van der Waals surface area contributed by atoms with Gasteiger partial charge in [-0.15, -0.1) is 12.4 Å². The molecule has 2 N–H and O–H groups in total. The van der Waals surface area contributed by atoms with E-state index in [0.29, 0.717) is 6.42 Å². The summed E-state index contributed by atoms with van der Waals surface area (Å²) >= 11 is 0. The highest BCUT2D eigenvalue weighted by Crippen LogP contribution is 2.28. The van der Waals surface area contributed by atoms with Gasteiger partial charge in [-0.3, -0.25) is 9.59 Å². The highest BCUT2D eigenvalue weighted by Gasteiger charge is 2.23. The summed E-state index contributed by atoms with van der Waals surface area (Å²) < 4.78 is 0. The summed E-state index contributed by atoms with van der Waals surface area (Å²) in [6, 6.07) is 0.276. The average Bonchev–Trinajstić information content (AvgIpc) is 3.13. The second-order valence-corrected chi connectivity index (χ2v) is 6.12. The van der Waals surface area contributed by atoms with Crippen molar-refractivity contribution in [1.29, 1.82) is 0 Å². The summed E-state index contributed by atoms with van der Waals surface area (Å²) in [7, 11) is 1.82. The van der Waals surface area contributed by atoms with Crippen molar-refractivity contribution in [2.75, 3.05) is 26.7 Å². The predicted molar refractivity (Wildman–Crippen MR) is 85.5 cm³/mol. The number of nitrogens with one attached hydrogen (secondary N) is 2. The first-order valence-electron chi connectivity index (χ1n) is 7.90. The molecular formula is C15H28ClN3O2. The molecule has 1 unspecified atom stereocenters. The van der Waals surface area contributed by atoms with Crippen molar-refractivity contribution >= 4 is 24.2 Å². The molecule has 1 aliphatic carbocycles. The van der Waals surface area contributed by atoms with E-state index in [-0.39, 0.29) is 36.8 Å². The van der Waals surface area contributed by atoms with Crippen molar-refractivity contribution in [3.05, 3.63) is 0 Å². The molecule has 1 saturated carbocycles. The molecule has 6 heteroatoms. The average molecular weight is 318 g/mol. The van der Waals surface area contributed by atoms with Crippen LogP contribution in [0.25, 0.3) is 0 Å². The number of rotatable bonds is 6. The summed E-state index contributed by atoms with van der Waals surface area (Å²) in [6.45, 7) is 1.96. The van der Waals surface area contributed by atoms with Gasteiger partial charge in [-0.05, 0) is 25.3 Å². The van der Waals surface area contributed by atoms with Crippen LogP contribution in [0, 0.1) is 5.92 Å². The minimum atomic E-state index is 0. The number of nitrogens with zero attached hydrogens (tertiary/aromatic N) is 1. The van der Waals surface area contributed by atoms with E-state index in [1.807, 2.05) is 7.05 Å². The Labute approximate surface area is 133 Å². The maximum atomic E-state index is 12.0. The molecule has 122 valence electrons. The number of likely N-dealkylation sites (N-methyl/N-ethyl adjacent to an activating group) is 1. The lowest BCUT2D eigenvalue weighted by Crippen LogP contribution is -2.44. The number of carbonyl (C=O) groups excluding carboxylic acids is 2. The second kappa shape index (κ2) is 9.26. The van der Waals surface area contributed by atoms with Gasteiger partial charge in [-0.25, -0.2) is 0 Å². The molecule has 2 fully saturated rings. The van der Waals surface area contributed by atoms with E-state index < -0.39 is 0 Å². The quantitative estimate of drug-likeness (QED) is 0.776. The van der Waals surface area contributed by atoms with Gasteiger partial charge in [-0.1, -0.05) is 25.7 Å². The molecule has 0 radical (unpaired) electrons. The van der Waals surface area contributed by atoms with Crippen LogP contribution in [0.15, 0.2) is 0 Å². The molecule has 21 heavy (non-hydrogen) atoms. The van der Waals surface area contributed by atoms with Gasteiger partial charge in [0.2, 0.25) is 11.8 Å². The highest BCUT2D eigenvalue weighted by molar-refractivity contribution is 5.85. The van der Waals surface area contributed by atoms with Gasteiger partial charge in [0, 0.05) is 26.1 Å². The topological polar surface area (TPSA) is 61.4 Å². The zero-order chi connectivity index (χ0) is 14.4. The number of amides is 2. The molecular weight excluding hydrogens is 290 g/mol. The number of halogens is 1.